The van der Waals surface area contributed by atoms with Gasteiger partial charge in [0.25, 0.3) is 11.1 Å². The topological polar surface area (TPSA) is 117 Å². The lowest BCUT2D eigenvalue weighted by molar-refractivity contribution is 0.931. The first-order valence-corrected chi connectivity index (χ1v) is 12.2. The Morgan fingerprint density at radius 3 is 1.64 bits per heavy atom. The van der Waals surface area contributed by atoms with Crippen molar-refractivity contribution in [3.8, 4) is 0 Å². The van der Waals surface area contributed by atoms with E-state index >= 15 is 0 Å². The second-order valence-electron chi connectivity index (χ2n) is 9.17. The Bertz CT molecular complexity index is 1830. The molecule has 39 heavy (non-hydrogen) atoms. The van der Waals surface area contributed by atoms with Crippen molar-refractivity contribution < 1.29 is 0 Å². The number of pyridine rings is 2. The maximum atomic E-state index is 11.8. The Kier molecular flexibility index (Phi) is 8.36. The van der Waals surface area contributed by atoms with E-state index in [9.17, 15) is 9.59 Å². The zero-order chi connectivity index (χ0) is 26.5. The molecule has 0 aliphatic carbocycles. The highest BCUT2D eigenvalue weighted by Gasteiger charge is 2.09. The molecule has 2 N–H and O–H groups in total. The van der Waals surface area contributed by atoms with Gasteiger partial charge in [-0.15, -0.1) is 0 Å². The van der Waals surface area contributed by atoms with E-state index in [4.69, 9.17) is 0 Å². The molecule has 0 radical (unpaired) electrons. The lowest BCUT2D eigenvalue weighted by Gasteiger charge is -2.05. The molecule has 0 bridgehead atoms. The van der Waals surface area contributed by atoms with Gasteiger partial charge in [0.1, 0.15) is 0 Å². The van der Waals surface area contributed by atoms with Gasteiger partial charge in [-0.3, -0.25) is 19.6 Å². The van der Waals surface area contributed by atoms with Crippen LogP contribution in [-0.4, -0.2) is 30.4 Å². The highest BCUT2D eigenvalue weighted by molar-refractivity contribution is 5.85. The van der Waals surface area contributed by atoms with Crippen LogP contribution in [0.3, 0.4) is 0 Å². The number of H-pyrrole nitrogens is 2. The van der Waals surface area contributed by atoms with Gasteiger partial charge in [-0.2, -0.15) is 10.2 Å². The number of hydrogen-bond donors (Lipinski definition) is 2. The normalized spacial score (nSPS) is 10.5. The Labute approximate surface area is 225 Å². The van der Waals surface area contributed by atoms with Crippen LogP contribution in [0, 0.1) is 13.8 Å². The van der Waals surface area contributed by atoms with E-state index in [1.165, 1.54) is 0 Å². The monoisotopic (exact) mass is 518 g/mol. The van der Waals surface area contributed by atoms with Crippen molar-refractivity contribution in [1.29, 1.82) is 0 Å². The van der Waals surface area contributed by atoms with Crippen LogP contribution < -0.4 is 11.1 Å². The average Bonchev–Trinajstić information content (AvgIpc) is 2.93. The number of nitrogens with zero attached hydrogens (tertiary/aromatic N) is 4. The van der Waals surface area contributed by atoms with Crippen molar-refractivity contribution in [2.24, 2.45) is 0 Å². The molecule has 4 aromatic heterocycles. The number of fused-ring (bicyclic) bond motifs is 2. The Balaban J connectivity index is 0.000000176. The molecule has 196 valence electrons. The summed E-state index contributed by atoms with van der Waals surface area (Å²) in [6, 6.07) is 19.4. The number of aromatic amines is 2. The van der Waals surface area contributed by atoms with E-state index in [2.05, 4.69) is 30.4 Å². The van der Waals surface area contributed by atoms with Crippen molar-refractivity contribution in [3.05, 3.63) is 140 Å². The van der Waals surface area contributed by atoms with Gasteiger partial charge in [0.2, 0.25) is 0 Å². The Morgan fingerprint density at radius 1 is 0.615 bits per heavy atom. The molecule has 0 saturated heterocycles. The van der Waals surface area contributed by atoms with Gasteiger partial charge in [0.05, 0.1) is 22.2 Å². The molecule has 0 fully saturated rings. The van der Waals surface area contributed by atoms with Crippen LogP contribution in [0.2, 0.25) is 0 Å². The molecular formula is C31H30N6O2. The molecule has 6 rings (SSSR count). The summed E-state index contributed by atoms with van der Waals surface area (Å²) in [5, 5.41) is 16.6. The van der Waals surface area contributed by atoms with E-state index in [1.54, 1.807) is 12.4 Å². The SMILES string of the molecule is C.Cc1ccc2c(=O)[nH]nc(Cc3cccnc3)c2c1.Cc1ccc2c(Cc3cccnc3)n[nH]c(=O)c2c1. The molecule has 4 heterocycles. The molecule has 6 aromatic rings. The number of rotatable bonds is 4. The summed E-state index contributed by atoms with van der Waals surface area (Å²) in [5.74, 6) is 0. The molecule has 0 atom stereocenters. The van der Waals surface area contributed by atoms with Gasteiger partial charge in [-0.05, 0) is 55.3 Å². The summed E-state index contributed by atoms with van der Waals surface area (Å²) in [5.41, 5.74) is 5.77. The van der Waals surface area contributed by atoms with Crippen LogP contribution >= 0.6 is 0 Å². The highest BCUT2D eigenvalue weighted by Crippen LogP contribution is 2.18. The summed E-state index contributed by atoms with van der Waals surface area (Å²) in [6.07, 6.45) is 8.42. The molecule has 8 nitrogen and oxygen atoms in total. The largest absolute Gasteiger partial charge is 0.272 e. The maximum absolute atomic E-state index is 11.8. The first-order valence-electron chi connectivity index (χ1n) is 12.2. The van der Waals surface area contributed by atoms with E-state index in [0.717, 1.165) is 44.4 Å². The third-order valence-electron chi connectivity index (χ3n) is 6.23. The molecule has 2 aromatic carbocycles. The van der Waals surface area contributed by atoms with Crippen molar-refractivity contribution in [3.63, 3.8) is 0 Å². The average molecular weight is 519 g/mol. The number of hydrogen-bond acceptors (Lipinski definition) is 6. The number of aryl methyl sites for hydroxylation is 2. The van der Waals surface area contributed by atoms with Crippen LogP contribution in [0.4, 0.5) is 0 Å². The first-order chi connectivity index (χ1) is 18.5. The zero-order valence-electron chi connectivity index (χ0n) is 21.1. The Morgan fingerprint density at radius 2 is 1.10 bits per heavy atom. The lowest BCUT2D eigenvalue weighted by atomic mass is 10.0. The maximum Gasteiger partial charge on any atom is 0.272 e. The minimum absolute atomic E-state index is 0. The van der Waals surface area contributed by atoms with Crippen molar-refractivity contribution >= 4 is 21.5 Å². The summed E-state index contributed by atoms with van der Waals surface area (Å²) in [7, 11) is 0. The summed E-state index contributed by atoms with van der Waals surface area (Å²) < 4.78 is 0. The van der Waals surface area contributed by atoms with E-state index in [-0.39, 0.29) is 18.5 Å². The predicted molar refractivity (Wildman–Crippen MR) is 155 cm³/mol. The summed E-state index contributed by atoms with van der Waals surface area (Å²) in [4.78, 5) is 31.8. The summed E-state index contributed by atoms with van der Waals surface area (Å²) >= 11 is 0. The number of benzene rings is 2. The van der Waals surface area contributed by atoms with Crippen LogP contribution in [-0.2, 0) is 12.8 Å². The number of aromatic nitrogens is 6. The van der Waals surface area contributed by atoms with E-state index in [0.29, 0.717) is 23.6 Å². The smallest absolute Gasteiger partial charge is 0.267 e. The van der Waals surface area contributed by atoms with Gasteiger partial charge in [0.15, 0.2) is 0 Å². The van der Waals surface area contributed by atoms with Crippen LogP contribution in [0.25, 0.3) is 21.5 Å². The second kappa shape index (κ2) is 12.0. The predicted octanol–water partition coefficient (Wildman–Crippen LogP) is 5.07. The molecular weight excluding hydrogens is 488 g/mol. The van der Waals surface area contributed by atoms with Gasteiger partial charge in [0, 0.05) is 48.4 Å². The lowest BCUT2D eigenvalue weighted by Crippen LogP contribution is -2.11. The van der Waals surface area contributed by atoms with Crippen molar-refractivity contribution in [1.82, 2.24) is 30.4 Å². The first kappa shape index (κ1) is 27.1. The standard InChI is InChI=1S/2C15H13N3O.CH4/c1-10-4-5-12-13(7-10)14(17-18-15(12)19)8-11-3-2-6-16-9-11;1-10-4-5-12-13(7-10)15(19)18-17-14(12)8-11-3-2-6-16-9-11;/h2*2-7,9H,8H2,1H3,(H,18,19);1H4. The van der Waals surface area contributed by atoms with Crippen molar-refractivity contribution in [2.45, 2.75) is 34.1 Å². The van der Waals surface area contributed by atoms with E-state index in [1.807, 2.05) is 86.9 Å². The Hall–Kier alpha value is -4.98. The van der Waals surface area contributed by atoms with Gasteiger partial charge < -0.3 is 0 Å². The highest BCUT2D eigenvalue weighted by atomic mass is 16.1. The third-order valence-corrected chi connectivity index (χ3v) is 6.23. The fourth-order valence-electron chi connectivity index (χ4n) is 4.33. The molecule has 0 saturated carbocycles. The molecule has 0 spiro atoms. The zero-order valence-corrected chi connectivity index (χ0v) is 21.1. The minimum Gasteiger partial charge on any atom is -0.267 e. The fourth-order valence-corrected chi connectivity index (χ4v) is 4.33. The van der Waals surface area contributed by atoms with Crippen molar-refractivity contribution in [2.75, 3.05) is 0 Å². The molecule has 0 aliphatic rings. The van der Waals surface area contributed by atoms with Crippen LogP contribution in [0.5, 0.6) is 0 Å². The van der Waals surface area contributed by atoms with Gasteiger partial charge in [-0.25, -0.2) is 10.2 Å². The quantitative estimate of drug-likeness (QED) is 0.336. The fraction of sp³-hybridized carbons (Fsp3) is 0.161. The van der Waals surface area contributed by atoms with Gasteiger partial charge >= 0.3 is 0 Å². The van der Waals surface area contributed by atoms with Crippen LogP contribution in [0.1, 0.15) is 41.1 Å². The minimum atomic E-state index is -0.148. The number of nitrogens with one attached hydrogen (secondary N) is 2. The molecule has 8 heteroatoms. The van der Waals surface area contributed by atoms with Gasteiger partial charge in [-0.1, -0.05) is 48.9 Å². The molecule has 0 amide bonds. The summed E-state index contributed by atoms with van der Waals surface area (Å²) in [6.45, 7) is 3.98. The second-order valence-corrected chi connectivity index (χ2v) is 9.17. The molecule has 0 unspecified atom stereocenters. The third kappa shape index (κ3) is 6.30. The van der Waals surface area contributed by atoms with E-state index < -0.39 is 0 Å². The molecule has 0 aliphatic heterocycles. The van der Waals surface area contributed by atoms with Crippen LogP contribution in [0.15, 0.2) is 95.0 Å².